The van der Waals surface area contributed by atoms with Crippen molar-refractivity contribution in [3.8, 4) is 0 Å². The van der Waals surface area contributed by atoms with Crippen LogP contribution in [0, 0.1) is 11.6 Å². The SMILES string of the molecule is O=C(NS)c1ccc2nc(C(O)(Cn3cncn3)c3ccc(F)cc3F)sc2c1. The summed E-state index contributed by atoms with van der Waals surface area (Å²) in [5.41, 5.74) is -1.22. The maximum atomic E-state index is 14.6. The minimum absolute atomic E-state index is 0.151. The smallest absolute Gasteiger partial charge is 0.260 e. The van der Waals surface area contributed by atoms with E-state index >= 15 is 0 Å². The van der Waals surface area contributed by atoms with Crippen LogP contribution in [0.25, 0.3) is 10.2 Å². The molecule has 7 nitrogen and oxygen atoms in total. The molecule has 11 heteroatoms. The van der Waals surface area contributed by atoms with Gasteiger partial charge in [0.25, 0.3) is 5.91 Å². The van der Waals surface area contributed by atoms with E-state index in [9.17, 15) is 18.7 Å². The molecule has 4 aromatic rings. The zero-order chi connectivity index (χ0) is 20.6. The first-order valence-electron chi connectivity index (χ1n) is 8.26. The summed E-state index contributed by atoms with van der Waals surface area (Å²) in [6.07, 6.45) is 2.65. The summed E-state index contributed by atoms with van der Waals surface area (Å²) >= 11 is 4.84. The summed E-state index contributed by atoms with van der Waals surface area (Å²) < 4.78 is 32.2. The second-order valence-electron chi connectivity index (χ2n) is 6.22. The molecule has 0 saturated heterocycles. The Hall–Kier alpha value is -2.89. The molecule has 0 aliphatic heterocycles. The second-order valence-corrected chi connectivity index (χ2v) is 7.47. The standard InChI is InChI=1S/C18H13F2N5O2S2/c19-11-2-3-12(13(20)6-11)18(27,7-25-9-21-8-22-25)17-23-14-4-1-10(16(26)24-28)5-15(14)29-17/h1-6,8-9,27-28H,7H2,(H,24,26). The first-order valence-corrected chi connectivity index (χ1v) is 9.53. The van der Waals surface area contributed by atoms with Crippen LogP contribution in [0.5, 0.6) is 0 Å². The molecule has 4 rings (SSSR count). The number of nitrogens with zero attached hydrogens (tertiary/aromatic N) is 4. The fourth-order valence-electron chi connectivity index (χ4n) is 2.95. The number of nitrogens with one attached hydrogen (secondary N) is 1. The topological polar surface area (TPSA) is 92.9 Å². The first kappa shape index (κ1) is 19.4. The van der Waals surface area contributed by atoms with Gasteiger partial charge in [0, 0.05) is 17.2 Å². The molecule has 0 spiro atoms. The predicted molar refractivity (Wildman–Crippen MR) is 105 cm³/mol. The molecule has 0 saturated carbocycles. The van der Waals surface area contributed by atoms with Crippen LogP contribution in [-0.4, -0.2) is 30.8 Å². The lowest BCUT2D eigenvalue weighted by Gasteiger charge is -2.26. The highest BCUT2D eigenvalue weighted by Crippen LogP contribution is 2.38. The van der Waals surface area contributed by atoms with Gasteiger partial charge in [-0.3, -0.25) is 9.52 Å². The Labute approximate surface area is 172 Å². The molecule has 0 bridgehead atoms. The average molecular weight is 433 g/mol. The lowest BCUT2D eigenvalue weighted by molar-refractivity contribution is 0.0534. The third-order valence-electron chi connectivity index (χ3n) is 4.34. The third kappa shape index (κ3) is 3.59. The molecule has 1 unspecified atom stereocenters. The fourth-order valence-corrected chi connectivity index (χ4v) is 4.18. The molecule has 2 aromatic carbocycles. The van der Waals surface area contributed by atoms with Crippen molar-refractivity contribution in [1.82, 2.24) is 24.5 Å². The van der Waals surface area contributed by atoms with Gasteiger partial charge in [-0.25, -0.2) is 23.4 Å². The number of benzene rings is 2. The van der Waals surface area contributed by atoms with E-state index in [0.29, 0.717) is 21.8 Å². The molecule has 2 N–H and O–H groups in total. The van der Waals surface area contributed by atoms with Gasteiger partial charge in [0.2, 0.25) is 0 Å². The predicted octanol–water partition coefficient (Wildman–Crippen LogP) is 2.68. The monoisotopic (exact) mass is 433 g/mol. The zero-order valence-corrected chi connectivity index (χ0v) is 16.3. The van der Waals surface area contributed by atoms with Crippen molar-refractivity contribution in [2.75, 3.05) is 0 Å². The number of aliphatic hydroxyl groups is 1. The van der Waals surface area contributed by atoms with Crippen LogP contribution in [0.15, 0.2) is 49.1 Å². The number of thiazole rings is 1. The number of carbonyl (C=O) groups excluding carboxylic acids is 1. The number of fused-ring (bicyclic) bond motifs is 1. The highest BCUT2D eigenvalue weighted by Gasteiger charge is 2.38. The summed E-state index contributed by atoms with van der Waals surface area (Å²) in [5.74, 6) is -2.07. The Morgan fingerprint density at radius 1 is 1.28 bits per heavy atom. The van der Waals surface area contributed by atoms with Crippen molar-refractivity contribution < 1.29 is 18.7 Å². The average Bonchev–Trinajstić information content (AvgIpc) is 3.36. The van der Waals surface area contributed by atoms with Gasteiger partial charge in [0.05, 0.1) is 16.8 Å². The van der Waals surface area contributed by atoms with Gasteiger partial charge in [-0.05, 0) is 30.3 Å². The van der Waals surface area contributed by atoms with E-state index in [2.05, 4.69) is 32.6 Å². The number of rotatable bonds is 5. The minimum atomic E-state index is -1.94. The van der Waals surface area contributed by atoms with E-state index < -0.39 is 23.1 Å². The number of thiol groups is 1. The molecule has 0 aliphatic rings. The molecule has 148 valence electrons. The van der Waals surface area contributed by atoms with E-state index in [1.165, 1.54) is 23.4 Å². The van der Waals surface area contributed by atoms with Gasteiger partial charge in [-0.2, -0.15) is 5.10 Å². The van der Waals surface area contributed by atoms with Crippen LogP contribution in [0.1, 0.15) is 20.9 Å². The maximum absolute atomic E-state index is 14.6. The van der Waals surface area contributed by atoms with Gasteiger partial charge in [-0.15, -0.1) is 11.3 Å². The van der Waals surface area contributed by atoms with E-state index in [1.807, 2.05) is 0 Å². The van der Waals surface area contributed by atoms with Gasteiger partial charge < -0.3 is 5.11 Å². The van der Waals surface area contributed by atoms with Crippen LogP contribution in [0.2, 0.25) is 0 Å². The Balaban J connectivity index is 1.87. The van der Waals surface area contributed by atoms with Gasteiger partial charge in [0.15, 0.2) is 5.60 Å². The van der Waals surface area contributed by atoms with Gasteiger partial charge in [0.1, 0.15) is 29.3 Å². The summed E-state index contributed by atoms with van der Waals surface area (Å²) in [4.78, 5) is 20.1. The van der Waals surface area contributed by atoms with Crippen molar-refractivity contribution in [3.63, 3.8) is 0 Å². The molecule has 1 amide bonds. The minimum Gasteiger partial charge on any atom is -0.376 e. The first-order chi connectivity index (χ1) is 13.9. The van der Waals surface area contributed by atoms with Crippen molar-refractivity contribution >= 4 is 40.3 Å². The Morgan fingerprint density at radius 2 is 2.10 bits per heavy atom. The molecule has 2 heterocycles. The maximum Gasteiger partial charge on any atom is 0.260 e. The van der Waals surface area contributed by atoms with Gasteiger partial charge >= 0.3 is 0 Å². The van der Waals surface area contributed by atoms with Crippen molar-refractivity contribution in [1.29, 1.82) is 0 Å². The summed E-state index contributed by atoms with van der Waals surface area (Å²) in [6, 6.07) is 7.71. The van der Waals surface area contributed by atoms with Crippen LogP contribution in [0.4, 0.5) is 8.78 Å². The van der Waals surface area contributed by atoms with Crippen molar-refractivity contribution in [3.05, 3.63) is 76.8 Å². The number of aromatic nitrogens is 4. The number of hydrogen-bond acceptors (Lipinski definition) is 7. The number of hydrogen-bond donors (Lipinski definition) is 3. The fraction of sp³-hybridized carbons (Fsp3) is 0.111. The molecule has 1 atom stereocenters. The summed E-state index contributed by atoms with van der Waals surface area (Å²) in [7, 11) is 0. The van der Waals surface area contributed by atoms with E-state index in [1.54, 1.807) is 18.2 Å². The normalized spacial score (nSPS) is 13.4. The van der Waals surface area contributed by atoms with Gasteiger partial charge in [-0.1, -0.05) is 12.8 Å². The molecule has 29 heavy (non-hydrogen) atoms. The Morgan fingerprint density at radius 3 is 2.79 bits per heavy atom. The zero-order valence-electron chi connectivity index (χ0n) is 14.6. The van der Waals surface area contributed by atoms with E-state index in [4.69, 9.17) is 0 Å². The molecular formula is C18H13F2N5O2S2. The van der Waals surface area contributed by atoms with Crippen LogP contribution in [0.3, 0.4) is 0 Å². The summed E-state index contributed by atoms with van der Waals surface area (Å²) in [5, 5.41) is 15.7. The van der Waals surface area contributed by atoms with E-state index in [0.717, 1.165) is 17.4 Å². The number of carbonyl (C=O) groups is 1. The molecule has 0 aliphatic carbocycles. The van der Waals surface area contributed by atoms with E-state index in [-0.39, 0.29) is 17.1 Å². The Kier molecular flexibility index (Phi) is 5.03. The van der Waals surface area contributed by atoms with Crippen molar-refractivity contribution in [2.45, 2.75) is 12.1 Å². The molecule has 0 fully saturated rings. The highest BCUT2D eigenvalue weighted by atomic mass is 32.1. The molecular weight excluding hydrogens is 420 g/mol. The largest absolute Gasteiger partial charge is 0.376 e. The molecule has 2 aromatic heterocycles. The third-order valence-corrected chi connectivity index (χ3v) is 5.71. The molecule has 0 radical (unpaired) electrons. The summed E-state index contributed by atoms with van der Waals surface area (Å²) in [6.45, 7) is -0.195. The van der Waals surface area contributed by atoms with Crippen LogP contribution in [-0.2, 0) is 12.1 Å². The number of amides is 1. The lowest BCUT2D eigenvalue weighted by atomic mass is 9.93. The Bertz CT molecular complexity index is 1200. The highest BCUT2D eigenvalue weighted by molar-refractivity contribution is 7.78. The quantitative estimate of drug-likeness (QED) is 0.421. The van der Waals surface area contributed by atoms with Crippen LogP contribution < -0.4 is 4.72 Å². The van der Waals surface area contributed by atoms with Crippen LogP contribution >= 0.6 is 24.2 Å². The lowest BCUT2D eigenvalue weighted by Crippen LogP contribution is -2.34. The number of halogens is 2. The second kappa shape index (κ2) is 7.50. The van der Waals surface area contributed by atoms with Crippen molar-refractivity contribution in [2.24, 2.45) is 0 Å².